The Morgan fingerprint density at radius 2 is 2.12 bits per heavy atom. The van der Waals surface area contributed by atoms with Crippen molar-refractivity contribution < 1.29 is 19.4 Å². The molecule has 0 spiro atoms. The molecule has 2 rings (SSSR count). The van der Waals surface area contributed by atoms with Gasteiger partial charge in [-0.3, -0.25) is 4.79 Å². The van der Waals surface area contributed by atoms with Crippen LogP contribution in [-0.4, -0.2) is 25.3 Å². The molecule has 0 aliphatic heterocycles. The number of methoxy groups -OCH3 is 2. The van der Waals surface area contributed by atoms with Gasteiger partial charge < -0.3 is 14.6 Å². The molecule has 1 aliphatic rings. The topological polar surface area (TPSA) is 55.8 Å². The zero-order valence-electron chi connectivity index (χ0n) is 9.27. The Morgan fingerprint density at radius 1 is 1.38 bits per heavy atom. The first kappa shape index (κ1) is 10.8. The first-order valence-electron chi connectivity index (χ1n) is 5.12. The minimum Gasteiger partial charge on any atom is -0.497 e. The number of hydrogen-bond acceptors (Lipinski definition) is 3. The van der Waals surface area contributed by atoms with Crippen molar-refractivity contribution in [3.63, 3.8) is 0 Å². The van der Waals surface area contributed by atoms with Gasteiger partial charge in [0.05, 0.1) is 20.1 Å². The summed E-state index contributed by atoms with van der Waals surface area (Å²) in [5, 5.41) is 8.90. The second-order valence-electron chi connectivity index (χ2n) is 3.89. The van der Waals surface area contributed by atoms with Gasteiger partial charge in [-0.25, -0.2) is 0 Å². The summed E-state index contributed by atoms with van der Waals surface area (Å²) in [5.74, 6) is 0.500. The number of rotatable bonds is 4. The fourth-order valence-corrected chi connectivity index (χ4v) is 1.94. The van der Waals surface area contributed by atoms with Crippen LogP contribution >= 0.6 is 0 Å². The smallest absolute Gasteiger partial charge is 0.307 e. The maximum Gasteiger partial charge on any atom is 0.307 e. The van der Waals surface area contributed by atoms with E-state index in [1.54, 1.807) is 20.3 Å². The van der Waals surface area contributed by atoms with Gasteiger partial charge in [0.25, 0.3) is 0 Å². The van der Waals surface area contributed by atoms with Crippen molar-refractivity contribution in [2.24, 2.45) is 5.92 Å². The molecule has 86 valence electrons. The molecule has 1 saturated carbocycles. The van der Waals surface area contributed by atoms with E-state index in [1.807, 2.05) is 12.1 Å². The third-order valence-electron chi connectivity index (χ3n) is 2.94. The maximum absolute atomic E-state index is 10.8. The molecule has 2 atom stereocenters. The molecule has 16 heavy (non-hydrogen) atoms. The van der Waals surface area contributed by atoms with Crippen molar-refractivity contribution in [1.82, 2.24) is 0 Å². The summed E-state index contributed by atoms with van der Waals surface area (Å²) >= 11 is 0. The molecule has 1 fully saturated rings. The summed E-state index contributed by atoms with van der Waals surface area (Å²) in [6, 6.07) is 5.47. The molecule has 1 N–H and O–H groups in total. The zero-order chi connectivity index (χ0) is 11.7. The van der Waals surface area contributed by atoms with Gasteiger partial charge >= 0.3 is 5.97 Å². The van der Waals surface area contributed by atoms with Gasteiger partial charge in [0.15, 0.2) is 0 Å². The number of hydrogen-bond donors (Lipinski definition) is 1. The monoisotopic (exact) mass is 222 g/mol. The van der Waals surface area contributed by atoms with Gasteiger partial charge in [0.2, 0.25) is 0 Å². The van der Waals surface area contributed by atoms with Crippen LogP contribution in [0.25, 0.3) is 0 Å². The molecule has 1 aromatic rings. The van der Waals surface area contributed by atoms with E-state index in [-0.39, 0.29) is 11.8 Å². The van der Waals surface area contributed by atoms with E-state index in [4.69, 9.17) is 14.6 Å². The quantitative estimate of drug-likeness (QED) is 0.845. The Kier molecular flexibility index (Phi) is 2.73. The summed E-state index contributed by atoms with van der Waals surface area (Å²) in [7, 11) is 3.18. The normalized spacial score (nSPS) is 22.6. The predicted octanol–water partition coefficient (Wildman–Crippen LogP) is 1.89. The fourth-order valence-electron chi connectivity index (χ4n) is 1.94. The first-order valence-corrected chi connectivity index (χ1v) is 5.12. The second-order valence-corrected chi connectivity index (χ2v) is 3.89. The predicted molar refractivity (Wildman–Crippen MR) is 58.0 cm³/mol. The van der Waals surface area contributed by atoms with Crippen molar-refractivity contribution in [3.8, 4) is 11.5 Å². The first-order chi connectivity index (χ1) is 7.67. The zero-order valence-corrected chi connectivity index (χ0v) is 9.27. The molecular weight excluding hydrogens is 208 g/mol. The highest BCUT2D eigenvalue weighted by molar-refractivity contribution is 5.75. The number of carboxylic acids is 1. The van der Waals surface area contributed by atoms with Crippen LogP contribution in [0, 0.1) is 5.92 Å². The van der Waals surface area contributed by atoms with Crippen LogP contribution in [0.3, 0.4) is 0 Å². The SMILES string of the molecule is COc1ccc(OC)c(C2CC2C(=O)O)c1. The van der Waals surface area contributed by atoms with E-state index >= 15 is 0 Å². The van der Waals surface area contributed by atoms with Gasteiger partial charge in [-0.1, -0.05) is 0 Å². The lowest BCUT2D eigenvalue weighted by atomic mass is 10.1. The largest absolute Gasteiger partial charge is 0.497 e. The minimum atomic E-state index is -0.741. The van der Waals surface area contributed by atoms with Crippen molar-refractivity contribution in [1.29, 1.82) is 0 Å². The Morgan fingerprint density at radius 3 is 2.62 bits per heavy atom. The molecule has 2 unspecified atom stereocenters. The Balaban J connectivity index is 2.28. The molecule has 4 nitrogen and oxygen atoms in total. The van der Waals surface area contributed by atoms with E-state index in [1.165, 1.54) is 0 Å². The molecule has 1 aliphatic carbocycles. The number of carboxylic acid groups (broad SMARTS) is 1. The average molecular weight is 222 g/mol. The van der Waals surface area contributed by atoms with Crippen LogP contribution < -0.4 is 9.47 Å². The van der Waals surface area contributed by atoms with E-state index in [9.17, 15) is 4.79 Å². The minimum absolute atomic E-state index is 0.0579. The summed E-state index contributed by atoms with van der Waals surface area (Å²) in [5.41, 5.74) is 0.925. The Bertz CT molecular complexity index is 413. The summed E-state index contributed by atoms with van der Waals surface area (Å²) < 4.78 is 10.4. The lowest BCUT2D eigenvalue weighted by molar-refractivity contribution is -0.138. The van der Waals surface area contributed by atoms with Crippen molar-refractivity contribution in [2.45, 2.75) is 12.3 Å². The third kappa shape index (κ3) is 1.83. The molecule has 0 aromatic heterocycles. The molecule has 4 heteroatoms. The number of carbonyl (C=O) groups is 1. The van der Waals surface area contributed by atoms with Crippen molar-refractivity contribution in [3.05, 3.63) is 23.8 Å². The molecule has 0 amide bonds. The van der Waals surface area contributed by atoms with E-state index in [0.717, 1.165) is 17.1 Å². The van der Waals surface area contributed by atoms with Crippen LogP contribution in [0.4, 0.5) is 0 Å². The molecule has 0 radical (unpaired) electrons. The highest BCUT2D eigenvalue weighted by Gasteiger charge is 2.45. The van der Waals surface area contributed by atoms with E-state index in [0.29, 0.717) is 6.42 Å². The highest BCUT2D eigenvalue weighted by atomic mass is 16.5. The third-order valence-corrected chi connectivity index (χ3v) is 2.94. The van der Waals surface area contributed by atoms with Gasteiger partial charge in [-0.2, -0.15) is 0 Å². The number of ether oxygens (including phenoxy) is 2. The van der Waals surface area contributed by atoms with Gasteiger partial charge in [-0.05, 0) is 24.6 Å². The van der Waals surface area contributed by atoms with E-state index < -0.39 is 5.97 Å². The maximum atomic E-state index is 10.8. The number of aliphatic carboxylic acids is 1. The van der Waals surface area contributed by atoms with Crippen LogP contribution in [0.1, 0.15) is 17.9 Å². The van der Waals surface area contributed by atoms with Crippen molar-refractivity contribution >= 4 is 5.97 Å². The molecule has 0 heterocycles. The summed E-state index contributed by atoms with van der Waals surface area (Å²) in [6.45, 7) is 0. The Labute approximate surface area is 93.8 Å². The van der Waals surface area contributed by atoms with Gasteiger partial charge in [-0.15, -0.1) is 0 Å². The van der Waals surface area contributed by atoms with Gasteiger partial charge in [0, 0.05) is 11.5 Å². The second kappa shape index (κ2) is 4.04. The molecule has 0 saturated heterocycles. The lowest BCUT2D eigenvalue weighted by Crippen LogP contribution is -2.00. The molecule has 1 aromatic carbocycles. The average Bonchev–Trinajstić information content (AvgIpc) is 3.08. The number of benzene rings is 1. The van der Waals surface area contributed by atoms with Crippen molar-refractivity contribution in [2.75, 3.05) is 14.2 Å². The highest BCUT2D eigenvalue weighted by Crippen LogP contribution is 2.51. The molecule has 0 bridgehead atoms. The summed E-state index contributed by atoms with van der Waals surface area (Å²) in [6.07, 6.45) is 0.679. The summed E-state index contributed by atoms with van der Waals surface area (Å²) in [4.78, 5) is 10.8. The molecular formula is C12H14O4. The fraction of sp³-hybridized carbons (Fsp3) is 0.417. The van der Waals surface area contributed by atoms with Crippen LogP contribution in [-0.2, 0) is 4.79 Å². The van der Waals surface area contributed by atoms with E-state index in [2.05, 4.69) is 0 Å². The van der Waals surface area contributed by atoms with Crippen LogP contribution in [0.5, 0.6) is 11.5 Å². The lowest BCUT2D eigenvalue weighted by Gasteiger charge is -2.09. The Hall–Kier alpha value is -1.71. The van der Waals surface area contributed by atoms with Crippen LogP contribution in [0.2, 0.25) is 0 Å². The van der Waals surface area contributed by atoms with Gasteiger partial charge in [0.1, 0.15) is 11.5 Å². The van der Waals surface area contributed by atoms with Crippen LogP contribution in [0.15, 0.2) is 18.2 Å². The standard InChI is InChI=1S/C12H14O4/c1-15-7-3-4-11(16-2)9(5-7)8-6-10(8)12(13)14/h3-5,8,10H,6H2,1-2H3,(H,13,14).